The molecule has 0 aromatic carbocycles. The van der Waals surface area contributed by atoms with Crippen LogP contribution in [0.4, 0.5) is 5.82 Å². The second-order valence-electron chi connectivity index (χ2n) is 8.08. The molecule has 0 atom stereocenters. The molecule has 0 aliphatic heterocycles. The monoisotopic (exact) mass is 472 g/mol. The van der Waals surface area contributed by atoms with Crippen molar-refractivity contribution in [2.24, 2.45) is 0 Å². The number of nitriles is 1. The van der Waals surface area contributed by atoms with Gasteiger partial charge in [-0.2, -0.15) is 10.4 Å². The molecule has 35 heavy (non-hydrogen) atoms. The van der Waals surface area contributed by atoms with Crippen molar-refractivity contribution in [2.75, 3.05) is 11.9 Å². The van der Waals surface area contributed by atoms with Crippen LogP contribution >= 0.6 is 0 Å². The molecule has 0 aliphatic carbocycles. The maximum atomic E-state index is 12.6. The third-order valence-electron chi connectivity index (χ3n) is 5.64. The molecule has 4 heterocycles. The minimum Gasteiger partial charge on any atom is -0.467 e. The van der Waals surface area contributed by atoms with Gasteiger partial charge in [-0.3, -0.25) is 4.79 Å². The predicted octanol–water partition coefficient (Wildman–Crippen LogP) is 3.61. The van der Waals surface area contributed by atoms with Crippen LogP contribution in [0.25, 0.3) is 5.82 Å². The number of hydrogen-bond acceptors (Lipinski definition) is 7. The number of pyridine rings is 1. The lowest BCUT2D eigenvalue weighted by Gasteiger charge is -2.12. The van der Waals surface area contributed by atoms with Gasteiger partial charge in [0.1, 0.15) is 17.6 Å². The molecule has 10 heteroatoms. The van der Waals surface area contributed by atoms with Gasteiger partial charge in [0, 0.05) is 17.6 Å². The van der Waals surface area contributed by atoms with E-state index in [0.717, 1.165) is 22.6 Å². The van der Waals surface area contributed by atoms with Gasteiger partial charge in [0.25, 0.3) is 5.91 Å². The number of anilines is 1. The van der Waals surface area contributed by atoms with E-state index in [4.69, 9.17) is 9.15 Å². The normalized spacial score (nSPS) is 10.7. The number of nitrogens with zero attached hydrogens (tertiary/aromatic N) is 5. The zero-order valence-electron chi connectivity index (χ0n) is 19.8. The van der Waals surface area contributed by atoms with Crippen molar-refractivity contribution in [2.45, 2.75) is 34.2 Å². The highest BCUT2D eigenvalue weighted by Gasteiger charge is 2.21. The Balaban J connectivity index is 1.43. The van der Waals surface area contributed by atoms with Gasteiger partial charge >= 0.3 is 5.97 Å². The Labute approximate surface area is 201 Å². The van der Waals surface area contributed by atoms with Gasteiger partial charge < -0.3 is 19.0 Å². The summed E-state index contributed by atoms with van der Waals surface area (Å²) in [5.74, 6) is 0.311. The molecule has 0 unspecified atom stereocenters. The second-order valence-corrected chi connectivity index (χ2v) is 8.08. The van der Waals surface area contributed by atoms with Gasteiger partial charge in [-0.15, -0.1) is 0 Å². The minimum atomic E-state index is -0.689. The van der Waals surface area contributed by atoms with Crippen LogP contribution in [-0.2, 0) is 16.1 Å². The molecular formula is C25H24N6O4. The van der Waals surface area contributed by atoms with E-state index in [9.17, 15) is 14.9 Å². The van der Waals surface area contributed by atoms with E-state index in [1.54, 1.807) is 33.7 Å². The fourth-order valence-electron chi connectivity index (χ4n) is 3.76. The average molecular weight is 473 g/mol. The van der Waals surface area contributed by atoms with Crippen molar-refractivity contribution >= 4 is 17.7 Å². The number of carbonyl (C=O) groups excluding carboxylic acids is 2. The van der Waals surface area contributed by atoms with Crippen molar-refractivity contribution < 1.29 is 18.7 Å². The zero-order valence-corrected chi connectivity index (χ0v) is 19.8. The highest BCUT2D eigenvalue weighted by atomic mass is 16.5. The van der Waals surface area contributed by atoms with Gasteiger partial charge in [0.2, 0.25) is 0 Å². The fraction of sp³-hybridized carbons (Fsp3) is 0.240. The summed E-state index contributed by atoms with van der Waals surface area (Å²) in [7, 11) is 0. The number of nitrogens with one attached hydrogen (secondary N) is 1. The molecular weight excluding hydrogens is 448 g/mol. The maximum Gasteiger partial charge on any atom is 0.340 e. The lowest BCUT2D eigenvalue weighted by atomic mass is 10.2. The van der Waals surface area contributed by atoms with Crippen molar-refractivity contribution in [1.29, 1.82) is 5.26 Å². The van der Waals surface area contributed by atoms with Gasteiger partial charge in [-0.25, -0.2) is 14.5 Å². The summed E-state index contributed by atoms with van der Waals surface area (Å²) in [4.78, 5) is 29.3. The molecule has 0 saturated carbocycles. The number of carbonyl (C=O) groups is 2. The molecule has 1 amide bonds. The lowest BCUT2D eigenvalue weighted by Crippen LogP contribution is -2.23. The highest BCUT2D eigenvalue weighted by Crippen LogP contribution is 2.27. The molecule has 4 rings (SSSR count). The second kappa shape index (κ2) is 9.69. The van der Waals surface area contributed by atoms with Crippen LogP contribution in [0.1, 0.15) is 44.3 Å². The first-order valence-electron chi connectivity index (χ1n) is 10.9. The van der Waals surface area contributed by atoms with Gasteiger partial charge in [-0.05, 0) is 63.6 Å². The van der Waals surface area contributed by atoms with Crippen LogP contribution in [-0.4, -0.2) is 37.8 Å². The summed E-state index contributed by atoms with van der Waals surface area (Å²) in [5, 5.41) is 16.7. The summed E-state index contributed by atoms with van der Waals surface area (Å²) < 4.78 is 14.0. The third kappa shape index (κ3) is 4.84. The fourth-order valence-corrected chi connectivity index (χ4v) is 3.76. The quantitative estimate of drug-likeness (QED) is 0.407. The van der Waals surface area contributed by atoms with Crippen LogP contribution in [0.15, 0.2) is 47.2 Å². The average Bonchev–Trinajstić information content (AvgIpc) is 3.53. The van der Waals surface area contributed by atoms with E-state index in [0.29, 0.717) is 29.5 Å². The number of amides is 1. The summed E-state index contributed by atoms with van der Waals surface area (Å²) in [6.45, 7) is 7.28. The Hall–Kier alpha value is -4.65. The summed E-state index contributed by atoms with van der Waals surface area (Å²) in [6, 6.07) is 10.9. The minimum absolute atomic E-state index is 0.202. The number of hydrogen-bond donors (Lipinski definition) is 1. The van der Waals surface area contributed by atoms with E-state index >= 15 is 0 Å². The number of ether oxygens (including phenoxy) is 1. The zero-order chi connectivity index (χ0) is 25.1. The van der Waals surface area contributed by atoms with Crippen LogP contribution < -0.4 is 5.32 Å². The highest BCUT2D eigenvalue weighted by molar-refractivity contribution is 5.96. The van der Waals surface area contributed by atoms with Gasteiger partial charge in [-0.1, -0.05) is 0 Å². The van der Waals surface area contributed by atoms with Gasteiger partial charge in [0.15, 0.2) is 12.4 Å². The molecule has 0 fully saturated rings. The Morgan fingerprint density at radius 2 is 2.00 bits per heavy atom. The summed E-state index contributed by atoms with van der Waals surface area (Å²) >= 11 is 0. The molecule has 4 aromatic rings. The Morgan fingerprint density at radius 1 is 1.20 bits per heavy atom. The Bertz CT molecular complexity index is 1420. The molecule has 0 bridgehead atoms. The Kier molecular flexibility index (Phi) is 6.51. The molecule has 1 N–H and O–H groups in total. The van der Waals surface area contributed by atoms with Crippen LogP contribution in [0, 0.1) is 39.0 Å². The van der Waals surface area contributed by atoms with E-state index in [1.165, 1.54) is 6.20 Å². The van der Waals surface area contributed by atoms with E-state index in [1.807, 2.05) is 39.8 Å². The first-order chi connectivity index (χ1) is 16.8. The number of aryl methyl sites for hydroxylation is 2. The maximum absolute atomic E-state index is 12.6. The molecule has 10 nitrogen and oxygen atoms in total. The molecule has 178 valence electrons. The smallest absolute Gasteiger partial charge is 0.340 e. The SMILES string of the molecule is Cc1cc(C)n(-c2ccc(C(=O)OCC(=O)Nc3c(C#N)c(C)c(C)n3Cc3ccco3)cn2)n1. The van der Waals surface area contributed by atoms with E-state index in [-0.39, 0.29) is 5.56 Å². The predicted molar refractivity (Wildman–Crippen MR) is 126 cm³/mol. The van der Waals surface area contributed by atoms with Crippen molar-refractivity contribution in [1.82, 2.24) is 19.3 Å². The topological polar surface area (TPSA) is 128 Å². The van der Waals surface area contributed by atoms with Crippen LogP contribution in [0.3, 0.4) is 0 Å². The standard InChI is InChI=1S/C25H24N6O4/c1-15-10-16(2)31(29-15)22-8-7-19(12-27-22)25(33)35-14-23(32)28-24-21(11-26)17(3)18(4)30(24)13-20-6-5-9-34-20/h5-10,12H,13-14H2,1-4H3,(H,28,32). The van der Waals surface area contributed by atoms with Crippen LogP contribution in [0.5, 0.6) is 0 Å². The number of furan rings is 1. The first kappa shape index (κ1) is 23.5. The molecule has 0 saturated heterocycles. The number of rotatable bonds is 7. The molecule has 0 radical (unpaired) electrons. The molecule has 4 aromatic heterocycles. The number of aromatic nitrogens is 4. The van der Waals surface area contributed by atoms with E-state index in [2.05, 4.69) is 21.5 Å². The van der Waals surface area contributed by atoms with Crippen molar-refractivity contribution in [3.8, 4) is 11.9 Å². The summed E-state index contributed by atoms with van der Waals surface area (Å²) in [5.41, 5.74) is 3.89. The largest absolute Gasteiger partial charge is 0.467 e. The lowest BCUT2D eigenvalue weighted by molar-refractivity contribution is -0.119. The van der Waals surface area contributed by atoms with Crippen molar-refractivity contribution in [3.63, 3.8) is 0 Å². The molecule has 0 spiro atoms. The van der Waals surface area contributed by atoms with Crippen LogP contribution in [0.2, 0.25) is 0 Å². The number of esters is 1. The van der Waals surface area contributed by atoms with Gasteiger partial charge in [0.05, 0.1) is 29.6 Å². The third-order valence-corrected chi connectivity index (χ3v) is 5.64. The van der Waals surface area contributed by atoms with E-state index < -0.39 is 18.5 Å². The molecule has 0 aliphatic rings. The summed E-state index contributed by atoms with van der Waals surface area (Å²) in [6.07, 6.45) is 2.93. The Morgan fingerprint density at radius 3 is 2.60 bits per heavy atom. The first-order valence-corrected chi connectivity index (χ1v) is 10.9. The van der Waals surface area contributed by atoms with Crippen molar-refractivity contribution in [3.05, 3.63) is 82.3 Å².